The number of aliphatic hydroxyl groups is 4. The van der Waals surface area contributed by atoms with Gasteiger partial charge in [0.05, 0.1) is 0 Å². The average molecular weight is 366 g/mol. The number of hydrogen-bond donors (Lipinski definition) is 4. The van der Waals surface area contributed by atoms with Gasteiger partial charge in [-0.2, -0.15) is 0 Å². The van der Waals surface area contributed by atoms with Crippen LogP contribution >= 0.6 is 0 Å². The molecule has 4 N–H and O–H groups in total. The van der Waals surface area contributed by atoms with Crippen molar-refractivity contribution in [2.75, 3.05) is 6.61 Å². The average Bonchev–Trinajstić information content (AvgIpc) is 2.12. The van der Waals surface area contributed by atoms with E-state index < -0.39 is 30.9 Å². The first-order chi connectivity index (χ1) is 5.54. The van der Waals surface area contributed by atoms with Gasteiger partial charge in [-0.3, -0.25) is 0 Å². The van der Waals surface area contributed by atoms with E-state index in [0.29, 0.717) is 0 Å². The van der Waals surface area contributed by atoms with Crippen molar-refractivity contribution in [3.8, 4) is 0 Å². The zero-order valence-corrected chi connectivity index (χ0v) is 11.7. The molecule has 0 aliphatic heterocycles. The predicted octanol–water partition coefficient (Wildman–Crippen LogP) is -2.93. The van der Waals surface area contributed by atoms with Crippen molar-refractivity contribution >= 4 is 5.97 Å². The van der Waals surface area contributed by atoms with Crippen LogP contribution < -0.4 is 0 Å². The quantitative estimate of drug-likeness (QED) is 0.397. The van der Waals surface area contributed by atoms with Gasteiger partial charge in [0.2, 0.25) is 0 Å². The summed E-state index contributed by atoms with van der Waals surface area (Å²) in [5.41, 5.74) is 0. The van der Waals surface area contributed by atoms with E-state index in [1.165, 1.54) is 0 Å². The van der Waals surface area contributed by atoms with Gasteiger partial charge >= 0.3 is 85.3 Å². The number of carbonyl (C=O) groups excluding carboxylic acids is 1. The van der Waals surface area contributed by atoms with E-state index in [4.69, 9.17) is 20.4 Å². The van der Waals surface area contributed by atoms with Crippen molar-refractivity contribution in [3.05, 3.63) is 0 Å². The third-order valence-corrected chi connectivity index (χ3v) is 2.39. The topological polar surface area (TPSA) is 107 Å². The van der Waals surface area contributed by atoms with E-state index in [0.717, 1.165) is 0 Å². The molecule has 12 heavy (non-hydrogen) atoms. The molecule has 0 amide bonds. The van der Waals surface area contributed by atoms with Gasteiger partial charge in [0.15, 0.2) is 0 Å². The fourth-order valence-corrected chi connectivity index (χ4v) is 1.21. The molecule has 3 atom stereocenters. The molecule has 0 radical (unpaired) electrons. The Morgan fingerprint density at radius 1 is 1.42 bits per heavy atom. The van der Waals surface area contributed by atoms with Crippen LogP contribution in [0, 0.1) is 0 Å². The molecule has 0 heterocycles. The fourth-order valence-electron chi connectivity index (χ4n) is 0.543. The van der Waals surface area contributed by atoms with Crippen LogP contribution in [-0.2, 0) is 34.0 Å². The van der Waals surface area contributed by atoms with E-state index >= 15 is 0 Å². The summed E-state index contributed by atoms with van der Waals surface area (Å²) in [6.07, 6.45) is -5.02. The van der Waals surface area contributed by atoms with Gasteiger partial charge in [-0.1, -0.05) is 0 Å². The van der Waals surface area contributed by atoms with E-state index in [9.17, 15) is 4.79 Å². The first-order valence-electron chi connectivity index (χ1n) is 3.15. The molecule has 7 heteroatoms. The van der Waals surface area contributed by atoms with E-state index in [2.05, 4.69) is 2.64 Å². The Kier molecular flexibility index (Phi) is 5.94. The third kappa shape index (κ3) is 3.32. The normalized spacial score (nSPS) is 18.2. The maximum absolute atomic E-state index is 10.6. The molecule has 0 bridgehead atoms. The van der Waals surface area contributed by atoms with Gasteiger partial charge in [-0.15, -0.1) is 0 Å². The van der Waals surface area contributed by atoms with Gasteiger partial charge in [-0.25, -0.2) is 0 Å². The minimum atomic E-state index is -1.79. The Morgan fingerprint density at radius 3 is 2.25 bits per heavy atom. The van der Waals surface area contributed by atoms with Gasteiger partial charge in [0.1, 0.15) is 0 Å². The van der Waals surface area contributed by atoms with Crippen LogP contribution in [0.4, 0.5) is 0 Å². The van der Waals surface area contributed by atoms with Gasteiger partial charge < -0.3 is 0 Å². The van der Waals surface area contributed by atoms with E-state index in [1.807, 2.05) is 0 Å². The van der Waals surface area contributed by atoms with Crippen molar-refractivity contribution in [2.45, 2.75) is 18.3 Å². The first kappa shape index (κ1) is 12.2. The molecule has 0 spiro atoms. The summed E-state index contributed by atoms with van der Waals surface area (Å²) in [6.45, 7) is -0.725. The van der Waals surface area contributed by atoms with Crippen LogP contribution in [0.5, 0.6) is 0 Å². The summed E-state index contributed by atoms with van der Waals surface area (Å²) in [5, 5.41) is 35.0. The second-order valence-electron chi connectivity index (χ2n) is 2.15. The molecule has 0 aromatic heterocycles. The molecule has 0 fully saturated rings. The molecule has 0 aromatic carbocycles. The Labute approximate surface area is 85.4 Å². The van der Waals surface area contributed by atoms with Crippen molar-refractivity contribution in [2.24, 2.45) is 0 Å². The zero-order valence-electron chi connectivity index (χ0n) is 6.25. The maximum atomic E-state index is 10.6. The van der Waals surface area contributed by atoms with Crippen molar-refractivity contribution < 1.29 is 54.4 Å². The molecule has 67 valence electrons. The molecule has 0 saturated carbocycles. The monoisotopic (exact) mass is 367 g/mol. The molecule has 0 aromatic rings. The summed E-state index contributed by atoms with van der Waals surface area (Å²) in [5.74, 6) is -0.974. The minimum absolute atomic E-state index is 0.274. The van der Waals surface area contributed by atoms with E-state index in [1.54, 1.807) is 0 Å². The Hall–Kier alpha value is 0.245. The van der Waals surface area contributed by atoms with Crippen LogP contribution in [0.3, 0.4) is 0 Å². The Bertz CT molecular complexity index is 151. The van der Waals surface area contributed by atoms with Crippen LogP contribution in [0.15, 0.2) is 0 Å². The zero-order chi connectivity index (χ0) is 9.72. The SMILES string of the molecule is O=C([O][Hg])[C@H](O)[C@H](O)[C@H](O)CO. The van der Waals surface area contributed by atoms with E-state index in [-0.39, 0.29) is 26.6 Å². The number of aliphatic hydroxyl groups excluding tert-OH is 4. The molecular weight excluding hydrogens is 357 g/mol. The predicted molar refractivity (Wildman–Crippen MR) is 31.2 cm³/mol. The van der Waals surface area contributed by atoms with Gasteiger partial charge in [0.25, 0.3) is 0 Å². The van der Waals surface area contributed by atoms with Crippen LogP contribution in [-0.4, -0.2) is 51.3 Å². The summed E-state index contributed by atoms with van der Waals surface area (Å²) in [4.78, 5) is 10.6. The van der Waals surface area contributed by atoms with Crippen molar-refractivity contribution in [3.63, 3.8) is 0 Å². The summed E-state index contributed by atoms with van der Waals surface area (Å²) >= 11 is -0.274. The Balaban J connectivity index is 4.08. The summed E-state index contributed by atoms with van der Waals surface area (Å²) in [6, 6.07) is 0. The van der Waals surface area contributed by atoms with Gasteiger partial charge in [0, 0.05) is 0 Å². The molecule has 6 nitrogen and oxygen atoms in total. The molecule has 0 unspecified atom stereocenters. The van der Waals surface area contributed by atoms with Gasteiger partial charge in [-0.05, 0) is 0 Å². The van der Waals surface area contributed by atoms with Crippen LogP contribution in [0.2, 0.25) is 0 Å². The summed E-state index contributed by atoms with van der Waals surface area (Å²) < 4.78 is 4.28. The molecule has 0 saturated heterocycles. The standard InChI is InChI=1S/C5H10O6.Hg/c6-1-2(7)3(8)4(9)5(10)11;/h2-4,6-9H,1H2,(H,10,11);/q;+1/p-1/t2-,3-,4-;/m1./s1. The van der Waals surface area contributed by atoms with Crippen molar-refractivity contribution in [1.82, 2.24) is 0 Å². The fraction of sp³-hybridized carbons (Fsp3) is 0.800. The Morgan fingerprint density at radius 2 is 1.92 bits per heavy atom. The second-order valence-corrected chi connectivity index (χ2v) is 3.27. The molecule has 0 rings (SSSR count). The van der Waals surface area contributed by atoms with Crippen LogP contribution in [0.1, 0.15) is 0 Å². The molecule has 0 aliphatic carbocycles. The first-order valence-corrected chi connectivity index (χ1v) is 5.40. The second kappa shape index (κ2) is 5.82. The number of hydrogen-bond acceptors (Lipinski definition) is 6. The van der Waals surface area contributed by atoms with Crippen LogP contribution in [0.25, 0.3) is 0 Å². The number of carbonyl (C=O) groups is 1. The third-order valence-electron chi connectivity index (χ3n) is 1.29. The molecular formula is C5H9HgO6. The molecule has 0 aliphatic rings. The van der Waals surface area contributed by atoms with Crippen molar-refractivity contribution in [1.29, 1.82) is 0 Å². The number of rotatable bonds is 4. The summed E-state index contributed by atoms with van der Waals surface area (Å²) in [7, 11) is 0.